The third kappa shape index (κ3) is 5.82. The van der Waals surface area contributed by atoms with Crippen molar-refractivity contribution in [3.05, 3.63) is 59.7 Å². The van der Waals surface area contributed by atoms with Crippen molar-refractivity contribution in [1.29, 1.82) is 0 Å². The van der Waals surface area contributed by atoms with E-state index in [1.807, 2.05) is 6.07 Å². The minimum atomic E-state index is -0.840. The van der Waals surface area contributed by atoms with E-state index in [4.69, 9.17) is 9.84 Å². The summed E-state index contributed by atoms with van der Waals surface area (Å²) in [5, 5.41) is 18.0. The number of phenolic OH excluding ortho intramolecular Hbond substituents is 1. The van der Waals surface area contributed by atoms with Crippen LogP contribution in [0.2, 0.25) is 0 Å². The van der Waals surface area contributed by atoms with E-state index < -0.39 is 5.97 Å². The Balaban J connectivity index is 1.81. The molecule has 0 radical (unpaired) electrons. The molecule has 0 atom stereocenters. The molecule has 0 fully saturated rings. The van der Waals surface area contributed by atoms with E-state index in [2.05, 4.69) is 0 Å². The van der Waals surface area contributed by atoms with Gasteiger partial charge in [0.15, 0.2) is 0 Å². The highest BCUT2D eigenvalue weighted by atomic mass is 16.5. The van der Waals surface area contributed by atoms with E-state index >= 15 is 0 Å². The third-order valence-electron chi connectivity index (χ3n) is 3.31. The highest BCUT2D eigenvalue weighted by Crippen LogP contribution is 2.16. The van der Waals surface area contributed by atoms with Crippen LogP contribution in [0, 0.1) is 0 Å². The number of phenols is 1. The fraction of sp³-hybridized carbons (Fsp3) is 0.222. The summed E-state index contributed by atoms with van der Waals surface area (Å²) >= 11 is 0. The lowest BCUT2D eigenvalue weighted by molar-refractivity contribution is -0.137. The molecule has 0 amide bonds. The van der Waals surface area contributed by atoms with Crippen molar-refractivity contribution in [2.75, 3.05) is 0 Å². The predicted molar refractivity (Wildman–Crippen MR) is 84.5 cm³/mol. The fourth-order valence-electron chi connectivity index (χ4n) is 2.12. The molecule has 0 saturated carbocycles. The molecule has 5 heteroatoms. The minimum Gasteiger partial charge on any atom is -0.508 e. The lowest BCUT2D eigenvalue weighted by Crippen LogP contribution is -2.09. The molecule has 2 N–H and O–H groups in total. The number of esters is 1. The molecule has 2 aromatic rings. The number of hydrogen-bond acceptors (Lipinski definition) is 4. The third-order valence-corrected chi connectivity index (χ3v) is 3.31. The quantitative estimate of drug-likeness (QED) is 0.606. The Morgan fingerprint density at radius 3 is 2.26 bits per heavy atom. The summed E-state index contributed by atoms with van der Waals surface area (Å²) in [6.45, 7) is 0. The maximum absolute atomic E-state index is 11.8. The summed E-state index contributed by atoms with van der Waals surface area (Å²) in [6, 6.07) is 13.6. The first-order valence-corrected chi connectivity index (χ1v) is 7.32. The van der Waals surface area contributed by atoms with Crippen molar-refractivity contribution < 1.29 is 24.5 Å². The zero-order valence-corrected chi connectivity index (χ0v) is 12.6. The highest BCUT2D eigenvalue weighted by Gasteiger charge is 2.06. The Morgan fingerprint density at radius 1 is 0.913 bits per heavy atom. The molecule has 0 aromatic heterocycles. The second-order valence-corrected chi connectivity index (χ2v) is 5.18. The van der Waals surface area contributed by atoms with Crippen LogP contribution < -0.4 is 4.74 Å². The number of aromatic hydroxyl groups is 1. The molecule has 0 aliphatic rings. The molecule has 0 aliphatic carbocycles. The number of aliphatic carboxylic acids is 1. The van der Waals surface area contributed by atoms with Crippen LogP contribution >= 0.6 is 0 Å². The number of ether oxygens (including phenoxy) is 1. The lowest BCUT2D eigenvalue weighted by Gasteiger charge is -2.06. The summed E-state index contributed by atoms with van der Waals surface area (Å²) in [6.07, 6.45) is 1.22. The van der Waals surface area contributed by atoms with Crippen LogP contribution in [0.4, 0.5) is 0 Å². The van der Waals surface area contributed by atoms with Gasteiger partial charge in [-0.1, -0.05) is 24.3 Å². The average molecular weight is 314 g/mol. The summed E-state index contributed by atoms with van der Waals surface area (Å²) < 4.78 is 5.23. The topological polar surface area (TPSA) is 83.8 Å². The van der Waals surface area contributed by atoms with Crippen molar-refractivity contribution >= 4 is 11.9 Å². The maximum Gasteiger partial charge on any atom is 0.311 e. The van der Waals surface area contributed by atoms with Gasteiger partial charge >= 0.3 is 11.9 Å². The van der Waals surface area contributed by atoms with Crippen molar-refractivity contribution in [2.24, 2.45) is 0 Å². The lowest BCUT2D eigenvalue weighted by atomic mass is 10.1. The van der Waals surface area contributed by atoms with Gasteiger partial charge in [-0.3, -0.25) is 9.59 Å². The zero-order valence-electron chi connectivity index (χ0n) is 12.6. The molecule has 23 heavy (non-hydrogen) atoms. The first-order valence-electron chi connectivity index (χ1n) is 7.32. The summed E-state index contributed by atoms with van der Waals surface area (Å²) in [5.74, 6) is -0.586. The highest BCUT2D eigenvalue weighted by molar-refractivity contribution is 5.72. The fourth-order valence-corrected chi connectivity index (χ4v) is 2.12. The van der Waals surface area contributed by atoms with E-state index in [9.17, 15) is 14.7 Å². The average Bonchev–Trinajstić information content (AvgIpc) is 2.52. The normalized spacial score (nSPS) is 10.3. The Labute approximate surface area is 134 Å². The number of aryl methyl sites for hydroxylation is 2. The van der Waals surface area contributed by atoms with Gasteiger partial charge in [0.1, 0.15) is 11.5 Å². The first kappa shape index (κ1) is 16.5. The molecule has 120 valence electrons. The number of hydrogen-bond donors (Lipinski definition) is 2. The summed E-state index contributed by atoms with van der Waals surface area (Å²) in [4.78, 5) is 22.3. The Bertz CT molecular complexity index is 676. The van der Waals surface area contributed by atoms with Gasteiger partial charge in [-0.25, -0.2) is 0 Å². The molecule has 0 unspecified atom stereocenters. The molecule has 0 saturated heterocycles. The van der Waals surface area contributed by atoms with Crippen LogP contribution in [0.1, 0.15) is 24.0 Å². The predicted octanol–water partition coefficient (Wildman–Crippen LogP) is 2.95. The number of carbonyl (C=O) groups is 2. The Morgan fingerprint density at radius 2 is 1.61 bits per heavy atom. The molecule has 5 nitrogen and oxygen atoms in total. The van der Waals surface area contributed by atoms with E-state index in [0.717, 1.165) is 11.1 Å². The van der Waals surface area contributed by atoms with E-state index in [-0.39, 0.29) is 24.6 Å². The van der Waals surface area contributed by atoms with Crippen LogP contribution in [-0.2, 0) is 22.4 Å². The summed E-state index contributed by atoms with van der Waals surface area (Å²) in [5.41, 5.74) is 1.75. The minimum absolute atomic E-state index is 0.0725. The van der Waals surface area contributed by atoms with Crippen LogP contribution in [0.3, 0.4) is 0 Å². The molecular formula is C18H18O5. The van der Waals surface area contributed by atoms with Crippen LogP contribution in [0.15, 0.2) is 48.5 Å². The van der Waals surface area contributed by atoms with Crippen molar-refractivity contribution in [1.82, 2.24) is 0 Å². The molecule has 2 rings (SSSR count). The Kier molecular flexibility index (Phi) is 5.74. The van der Waals surface area contributed by atoms with Crippen molar-refractivity contribution in [3.8, 4) is 11.5 Å². The number of carboxylic acid groups (broad SMARTS) is 1. The number of carboxylic acids is 1. The Hall–Kier alpha value is -2.82. The number of benzene rings is 2. The van der Waals surface area contributed by atoms with Gasteiger partial charge in [-0.2, -0.15) is 0 Å². The van der Waals surface area contributed by atoms with Gasteiger partial charge in [-0.05, 0) is 48.2 Å². The van der Waals surface area contributed by atoms with Gasteiger partial charge < -0.3 is 14.9 Å². The molecule has 0 spiro atoms. The smallest absolute Gasteiger partial charge is 0.311 e. The second kappa shape index (κ2) is 7.98. The molecule has 2 aromatic carbocycles. The van der Waals surface area contributed by atoms with Crippen LogP contribution in [0.5, 0.6) is 11.5 Å². The largest absolute Gasteiger partial charge is 0.508 e. The standard InChI is InChI=1S/C18H18O5/c19-15-3-1-2-14(12-15)7-11-18(22)23-16-8-4-13(5-9-16)6-10-17(20)21/h1-5,8-9,12,19H,6-7,10-11H2,(H,20,21). The van der Waals surface area contributed by atoms with E-state index in [0.29, 0.717) is 18.6 Å². The van der Waals surface area contributed by atoms with Gasteiger partial charge in [0.25, 0.3) is 0 Å². The number of carbonyl (C=O) groups excluding carboxylic acids is 1. The van der Waals surface area contributed by atoms with Crippen molar-refractivity contribution in [3.63, 3.8) is 0 Å². The molecule has 0 bridgehead atoms. The van der Waals surface area contributed by atoms with Crippen LogP contribution in [-0.4, -0.2) is 22.2 Å². The SMILES string of the molecule is O=C(O)CCc1ccc(OC(=O)CCc2cccc(O)c2)cc1. The second-order valence-electron chi connectivity index (χ2n) is 5.18. The summed E-state index contributed by atoms with van der Waals surface area (Å²) in [7, 11) is 0. The maximum atomic E-state index is 11.8. The molecule has 0 heterocycles. The van der Waals surface area contributed by atoms with Gasteiger partial charge in [0.2, 0.25) is 0 Å². The van der Waals surface area contributed by atoms with Gasteiger partial charge in [0, 0.05) is 12.8 Å². The van der Waals surface area contributed by atoms with Gasteiger partial charge in [0.05, 0.1) is 0 Å². The number of rotatable bonds is 7. The molecule has 0 aliphatic heterocycles. The van der Waals surface area contributed by atoms with E-state index in [1.165, 1.54) is 0 Å². The monoisotopic (exact) mass is 314 g/mol. The zero-order chi connectivity index (χ0) is 16.7. The van der Waals surface area contributed by atoms with Crippen LogP contribution in [0.25, 0.3) is 0 Å². The molecular weight excluding hydrogens is 296 g/mol. The van der Waals surface area contributed by atoms with E-state index in [1.54, 1.807) is 42.5 Å². The van der Waals surface area contributed by atoms with Crippen molar-refractivity contribution in [2.45, 2.75) is 25.7 Å². The first-order chi connectivity index (χ1) is 11.0. The van der Waals surface area contributed by atoms with Gasteiger partial charge in [-0.15, -0.1) is 0 Å².